The summed E-state index contributed by atoms with van der Waals surface area (Å²) in [6, 6.07) is 5.42. The van der Waals surface area contributed by atoms with Crippen LogP contribution in [0.1, 0.15) is 45.6 Å². The zero-order chi connectivity index (χ0) is 21.6. The van der Waals surface area contributed by atoms with Gasteiger partial charge in [0.15, 0.2) is 0 Å². The van der Waals surface area contributed by atoms with E-state index in [0.29, 0.717) is 25.8 Å². The summed E-state index contributed by atoms with van der Waals surface area (Å²) in [5.74, 6) is -0.318. The van der Waals surface area contributed by atoms with Crippen LogP contribution in [0.3, 0.4) is 0 Å². The van der Waals surface area contributed by atoms with Crippen molar-refractivity contribution in [3.63, 3.8) is 0 Å². The first-order chi connectivity index (χ1) is 13.5. The summed E-state index contributed by atoms with van der Waals surface area (Å²) >= 11 is 0. The van der Waals surface area contributed by atoms with Crippen LogP contribution in [0.4, 0.5) is 5.69 Å². The maximum atomic E-state index is 11.6. The zero-order valence-corrected chi connectivity index (χ0v) is 18.1. The molecule has 4 N–H and O–H groups in total. The van der Waals surface area contributed by atoms with Crippen LogP contribution in [0.5, 0.6) is 5.75 Å². The van der Waals surface area contributed by atoms with Crippen molar-refractivity contribution >= 4 is 5.69 Å². The summed E-state index contributed by atoms with van der Waals surface area (Å²) in [7, 11) is 1.54. The summed E-state index contributed by atoms with van der Waals surface area (Å²) < 4.78 is 5.67. The number of rotatable bonds is 5. The molecule has 162 valence electrons. The SMILES string of the molecule is CO[C@@H]1[C@H](O)CC[C@]2(O)CN(c3ccc(C)c(O)c3)[C@](C)([C@H](O)CC=C(C)C)[C@@H]12. The molecule has 1 saturated carbocycles. The Balaban J connectivity index is 2.13. The van der Waals surface area contributed by atoms with Crippen LogP contribution in [0.25, 0.3) is 0 Å². The van der Waals surface area contributed by atoms with Gasteiger partial charge in [-0.3, -0.25) is 0 Å². The lowest BCUT2D eigenvalue weighted by atomic mass is 9.65. The second kappa shape index (κ2) is 7.91. The Kier molecular flexibility index (Phi) is 6.03. The van der Waals surface area contributed by atoms with E-state index in [1.807, 2.05) is 50.8 Å². The highest BCUT2D eigenvalue weighted by atomic mass is 16.5. The van der Waals surface area contributed by atoms with Gasteiger partial charge in [-0.05, 0) is 58.6 Å². The Bertz CT molecular complexity index is 777. The third-order valence-electron chi connectivity index (χ3n) is 7.00. The first-order valence-electron chi connectivity index (χ1n) is 10.4. The smallest absolute Gasteiger partial charge is 0.120 e. The van der Waals surface area contributed by atoms with Crippen LogP contribution < -0.4 is 4.90 Å². The van der Waals surface area contributed by atoms with Gasteiger partial charge >= 0.3 is 0 Å². The fourth-order valence-electron chi connectivity index (χ4n) is 5.31. The summed E-state index contributed by atoms with van der Waals surface area (Å²) in [4.78, 5) is 1.99. The Hall–Kier alpha value is -1.60. The average molecular weight is 406 g/mol. The van der Waals surface area contributed by atoms with Crippen molar-refractivity contribution in [1.29, 1.82) is 0 Å². The van der Waals surface area contributed by atoms with Crippen LogP contribution in [0, 0.1) is 12.8 Å². The van der Waals surface area contributed by atoms with Crippen LogP contribution in [-0.2, 0) is 4.74 Å². The van der Waals surface area contributed by atoms with Gasteiger partial charge in [-0.2, -0.15) is 0 Å². The molecule has 29 heavy (non-hydrogen) atoms. The largest absolute Gasteiger partial charge is 0.508 e. The number of anilines is 1. The number of aliphatic hydroxyl groups excluding tert-OH is 2. The topological polar surface area (TPSA) is 93.4 Å². The third kappa shape index (κ3) is 3.67. The molecule has 0 spiro atoms. The van der Waals surface area contributed by atoms with Crippen molar-refractivity contribution in [2.24, 2.45) is 5.92 Å². The number of phenolic OH excluding ortho intramolecular Hbond substituents is 1. The lowest BCUT2D eigenvalue weighted by Gasteiger charge is -2.50. The number of benzene rings is 1. The molecule has 1 heterocycles. The van der Waals surface area contributed by atoms with Gasteiger partial charge in [0.05, 0.1) is 29.5 Å². The maximum absolute atomic E-state index is 11.6. The number of allylic oxidation sites excluding steroid dienone is 1. The van der Waals surface area contributed by atoms with Crippen molar-refractivity contribution in [1.82, 2.24) is 0 Å². The molecule has 0 amide bonds. The predicted molar refractivity (Wildman–Crippen MR) is 113 cm³/mol. The molecular weight excluding hydrogens is 370 g/mol. The van der Waals surface area contributed by atoms with Crippen LogP contribution in [0.2, 0.25) is 0 Å². The van der Waals surface area contributed by atoms with Gasteiger partial charge < -0.3 is 30.1 Å². The predicted octanol–water partition coefficient (Wildman–Crippen LogP) is 2.51. The summed E-state index contributed by atoms with van der Waals surface area (Å²) in [5, 5.41) is 43.9. The highest BCUT2D eigenvalue weighted by molar-refractivity contribution is 5.58. The highest BCUT2D eigenvalue weighted by Gasteiger charge is 2.66. The molecule has 6 heteroatoms. The standard InChI is InChI=1S/C23H35NO5/c1-14(2)6-9-19(27)22(4)21-20(29-5)17(25)10-11-23(21,28)13-24(22)16-8-7-15(3)18(26)12-16/h6-8,12,17,19-21,25-28H,9-11,13H2,1-5H3/t17-,19-,20-,21-,22-,23+/m1/s1. The Morgan fingerprint density at radius 1 is 1.38 bits per heavy atom. The van der Waals surface area contributed by atoms with Crippen molar-refractivity contribution < 1.29 is 25.2 Å². The second-order valence-electron chi connectivity index (χ2n) is 9.20. The minimum Gasteiger partial charge on any atom is -0.508 e. The number of fused-ring (bicyclic) bond motifs is 1. The minimum absolute atomic E-state index is 0.175. The molecule has 1 aliphatic carbocycles. The summed E-state index contributed by atoms with van der Waals surface area (Å²) in [6.07, 6.45) is 1.18. The Morgan fingerprint density at radius 3 is 2.66 bits per heavy atom. The van der Waals surface area contributed by atoms with Gasteiger partial charge in [0.1, 0.15) is 5.75 Å². The zero-order valence-electron chi connectivity index (χ0n) is 18.1. The number of phenols is 1. The number of aromatic hydroxyl groups is 1. The molecule has 0 aromatic heterocycles. The van der Waals surface area contributed by atoms with Gasteiger partial charge in [0.2, 0.25) is 0 Å². The van der Waals surface area contributed by atoms with Crippen molar-refractivity contribution in [3.8, 4) is 5.75 Å². The van der Waals surface area contributed by atoms with Crippen molar-refractivity contribution in [3.05, 3.63) is 35.4 Å². The molecule has 3 rings (SSSR count). The quantitative estimate of drug-likeness (QED) is 0.563. The van der Waals surface area contributed by atoms with E-state index in [9.17, 15) is 20.4 Å². The number of hydrogen-bond donors (Lipinski definition) is 4. The van der Waals surface area contributed by atoms with Crippen LogP contribution in [-0.4, -0.2) is 63.5 Å². The van der Waals surface area contributed by atoms with E-state index in [0.717, 1.165) is 16.8 Å². The fraction of sp³-hybridized carbons (Fsp3) is 0.652. The first-order valence-corrected chi connectivity index (χ1v) is 10.4. The number of aliphatic hydroxyl groups is 3. The van der Waals surface area contributed by atoms with Gasteiger partial charge in [-0.15, -0.1) is 0 Å². The molecule has 2 fully saturated rings. The number of nitrogens with zero attached hydrogens (tertiary/aromatic N) is 1. The summed E-state index contributed by atoms with van der Waals surface area (Å²) in [5.41, 5.74) is 0.596. The number of ether oxygens (including phenoxy) is 1. The van der Waals surface area contributed by atoms with E-state index in [-0.39, 0.29) is 5.75 Å². The molecule has 0 radical (unpaired) electrons. The van der Waals surface area contributed by atoms with Crippen molar-refractivity contribution in [2.75, 3.05) is 18.6 Å². The molecular formula is C23H35NO5. The Morgan fingerprint density at radius 2 is 2.07 bits per heavy atom. The number of aryl methyl sites for hydroxylation is 1. The van der Waals surface area contributed by atoms with E-state index < -0.39 is 35.4 Å². The summed E-state index contributed by atoms with van der Waals surface area (Å²) in [6.45, 7) is 8.03. The van der Waals surface area contributed by atoms with E-state index in [4.69, 9.17) is 4.74 Å². The lowest BCUT2D eigenvalue weighted by molar-refractivity contribution is -0.164. The Labute approximate surface area is 173 Å². The van der Waals surface area contributed by atoms with Gasteiger partial charge in [0, 0.05) is 31.3 Å². The van der Waals surface area contributed by atoms with Crippen molar-refractivity contribution in [2.45, 2.75) is 76.4 Å². The molecule has 1 saturated heterocycles. The molecule has 1 aromatic carbocycles. The molecule has 6 nitrogen and oxygen atoms in total. The second-order valence-corrected chi connectivity index (χ2v) is 9.20. The van der Waals surface area contributed by atoms with E-state index in [1.165, 1.54) is 0 Å². The first kappa shape index (κ1) is 22.1. The molecule has 6 atom stereocenters. The van der Waals surface area contributed by atoms with Gasteiger partial charge in [-0.1, -0.05) is 17.7 Å². The van der Waals surface area contributed by atoms with E-state index in [1.54, 1.807) is 13.2 Å². The number of β-amino-alcohol motifs (C(OH)–C–C–N with tert-alkyl or cyclic N) is 1. The number of methoxy groups -OCH3 is 1. The minimum atomic E-state index is -1.11. The maximum Gasteiger partial charge on any atom is 0.120 e. The normalized spacial score (nSPS) is 35.3. The van der Waals surface area contributed by atoms with Crippen LogP contribution in [0.15, 0.2) is 29.8 Å². The third-order valence-corrected chi connectivity index (χ3v) is 7.00. The monoisotopic (exact) mass is 405 g/mol. The molecule has 1 aromatic rings. The van der Waals surface area contributed by atoms with Crippen LogP contribution >= 0.6 is 0 Å². The van der Waals surface area contributed by atoms with Gasteiger partial charge in [-0.25, -0.2) is 0 Å². The highest BCUT2D eigenvalue weighted by Crippen LogP contribution is 2.53. The fourth-order valence-corrected chi connectivity index (χ4v) is 5.31. The van der Waals surface area contributed by atoms with Gasteiger partial charge in [0.25, 0.3) is 0 Å². The van der Waals surface area contributed by atoms with E-state index >= 15 is 0 Å². The average Bonchev–Trinajstić information content (AvgIpc) is 2.91. The molecule has 0 unspecified atom stereocenters. The lowest BCUT2D eigenvalue weighted by Crippen LogP contribution is -2.63. The molecule has 1 aliphatic heterocycles. The van der Waals surface area contributed by atoms with E-state index in [2.05, 4.69) is 0 Å². The molecule has 2 aliphatic rings. The molecule has 0 bridgehead atoms. The number of hydrogen-bond acceptors (Lipinski definition) is 6.